The van der Waals surface area contributed by atoms with Gasteiger partial charge in [0, 0.05) is 12.0 Å². The number of nitrogens with zero attached hydrogens (tertiary/aromatic N) is 1. The van der Waals surface area contributed by atoms with Crippen molar-refractivity contribution >= 4 is 5.71 Å². The first-order chi connectivity index (χ1) is 6.31. The summed E-state index contributed by atoms with van der Waals surface area (Å²) in [4.78, 5) is 0. The number of rotatable bonds is 0. The van der Waals surface area contributed by atoms with Crippen LogP contribution in [0.4, 0.5) is 4.39 Å². The Morgan fingerprint density at radius 3 is 3.08 bits per heavy atom. The van der Waals surface area contributed by atoms with Crippen LogP contribution < -0.4 is 10.6 Å². The van der Waals surface area contributed by atoms with Crippen LogP contribution in [-0.2, 0) is 0 Å². The first-order valence-electron chi connectivity index (χ1n) is 4.01. The van der Waals surface area contributed by atoms with Crippen LogP contribution in [0.1, 0.15) is 12.0 Å². The number of hydrogen-bond acceptors (Lipinski definition) is 3. The number of benzene rings is 1. The summed E-state index contributed by atoms with van der Waals surface area (Å²) < 4.78 is 18.2. The van der Waals surface area contributed by atoms with E-state index in [1.807, 2.05) is 0 Å². The van der Waals surface area contributed by atoms with Gasteiger partial charge in [-0.15, -0.1) is 0 Å². The Hall–Kier alpha value is -1.58. The second-order valence-corrected chi connectivity index (χ2v) is 2.81. The van der Waals surface area contributed by atoms with Crippen molar-refractivity contribution in [2.75, 3.05) is 6.61 Å². The van der Waals surface area contributed by atoms with Gasteiger partial charge >= 0.3 is 0 Å². The minimum absolute atomic E-state index is 0.301. The van der Waals surface area contributed by atoms with Crippen LogP contribution in [-0.4, -0.2) is 12.3 Å². The lowest BCUT2D eigenvalue weighted by molar-refractivity contribution is 0.319. The lowest BCUT2D eigenvalue weighted by Gasteiger charge is -2.17. The third-order valence-electron chi connectivity index (χ3n) is 2.00. The molecule has 0 saturated heterocycles. The second-order valence-electron chi connectivity index (χ2n) is 2.81. The van der Waals surface area contributed by atoms with Gasteiger partial charge in [0.15, 0.2) is 0 Å². The quantitative estimate of drug-likeness (QED) is 0.482. The molecule has 2 rings (SSSR count). The standard InChI is InChI=1S/C9H9FN2O/c10-6-1-2-9-7(5-6)8(12-11)3-4-13-9/h1-2,5H,3-4,11H2. The molecular formula is C9H9FN2O. The summed E-state index contributed by atoms with van der Waals surface area (Å²) in [7, 11) is 0. The summed E-state index contributed by atoms with van der Waals surface area (Å²) >= 11 is 0. The van der Waals surface area contributed by atoms with E-state index in [9.17, 15) is 4.39 Å². The number of hydrogen-bond donors (Lipinski definition) is 1. The van der Waals surface area contributed by atoms with Crippen molar-refractivity contribution in [1.82, 2.24) is 0 Å². The largest absolute Gasteiger partial charge is 0.492 e. The summed E-state index contributed by atoms with van der Waals surface area (Å²) in [6, 6.07) is 4.34. The third-order valence-corrected chi connectivity index (χ3v) is 2.00. The van der Waals surface area contributed by atoms with Crippen molar-refractivity contribution < 1.29 is 9.13 Å². The lowest BCUT2D eigenvalue weighted by atomic mass is 10.0. The van der Waals surface area contributed by atoms with Gasteiger partial charge in [0.2, 0.25) is 0 Å². The van der Waals surface area contributed by atoms with E-state index >= 15 is 0 Å². The van der Waals surface area contributed by atoms with Crippen LogP contribution in [0, 0.1) is 5.82 Å². The molecule has 68 valence electrons. The summed E-state index contributed by atoms with van der Waals surface area (Å²) in [5.74, 6) is 5.53. The minimum atomic E-state index is -0.301. The molecule has 0 amide bonds. The minimum Gasteiger partial charge on any atom is -0.492 e. The SMILES string of the molecule is NN=C1CCOc2ccc(F)cc21. The van der Waals surface area contributed by atoms with Gasteiger partial charge in [-0.2, -0.15) is 5.10 Å². The molecule has 0 aliphatic carbocycles. The van der Waals surface area contributed by atoms with Crippen LogP contribution in [0.2, 0.25) is 0 Å². The van der Waals surface area contributed by atoms with E-state index in [1.165, 1.54) is 12.1 Å². The van der Waals surface area contributed by atoms with Gasteiger partial charge in [-0.3, -0.25) is 0 Å². The number of nitrogens with two attached hydrogens (primary N) is 1. The smallest absolute Gasteiger partial charge is 0.128 e. The average Bonchev–Trinajstić information content (AvgIpc) is 2.17. The molecule has 13 heavy (non-hydrogen) atoms. The molecular weight excluding hydrogens is 171 g/mol. The zero-order valence-corrected chi connectivity index (χ0v) is 6.96. The molecule has 0 atom stereocenters. The van der Waals surface area contributed by atoms with Crippen LogP contribution >= 0.6 is 0 Å². The lowest BCUT2D eigenvalue weighted by Crippen LogP contribution is -2.17. The maximum Gasteiger partial charge on any atom is 0.128 e. The fraction of sp³-hybridized carbons (Fsp3) is 0.222. The maximum atomic E-state index is 12.9. The fourth-order valence-corrected chi connectivity index (χ4v) is 1.38. The molecule has 0 fully saturated rings. The molecule has 0 spiro atoms. The van der Waals surface area contributed by atoms with Gasteiger partial charge in [0.25, 0.3) is 0 Å². The zero-order valence-electron chi connectivity index (χ0n) is 6.96. The highest BCUT2D eigenvalue weighted by Crippen LogP contribution is 2.25. The predicted octanol–water partition coefficient (Wildman–Crippen LogP) is 1.27. The summed E-state index contributed by atoms with van der Waals surface area (Å²) in [6.45, 7) is 0.550. The molecule has 3 nitrogen and oxygen atoms in total. The molecule has 0 radical (unpaired) electrons. The number of ether oxygens (including phenoxy) is 1. The normalized spacial score (nSPS) is 18.1. The van der Waals surface area contributed by atoms with Crippen LogP contribution in [0.15, 0.2) is 23.3 Å². The number of fused-ring (bicyclic) bond motifs is 1. The van der Waals surface area contributed by atoms with E-state index in [1.54, 1.807) is 6.07 Å². The number of hydrazone groups is 1. The highest BCUT2D eigenvalue weighted by molar-refractivity contribution is 6.03. The summed E-state index contributed by atoms with van der Waals surface area (Å²) in [6.07, 6.45) is 0.632. The zero-order chi connectivity index (χ0) is 9.26. The molecule has 0 unspecified atom stereocenters. The van der Waals surface area contributed by atoms with Crippen molar-refractivity contribution in [1.29, 1.82) is 0 Å². The Labute approximate surface area is 75.0 Å². The van der Waals surface area contributed by atoms with Gasteiger partial charge in [-0.25, -0.2) is 4.39 Å². The number of halogens is 1. The molecule has 1 aromatic rings. The molecule has 2 N–H and O–H groups in total. The monoisotopic (exact) mass is 180 g/mol. The van der Waals surface area contributed by atoms with Gasteiger partial charge < -0.3 is 10.6 Å². The van der Waals surface area contributed by atoms with E-state index in [4.69, 9.17) is 10.6 Å². The van der Waals surface area contributed by atoms with Crippen molar-refractivity contribution in [3.8, 4) is 5.75 Å². The van der Waals surface area contributed by atoms with E-state index in [-0.39, 0.29) is 5.82 Å². The van der Waals surface area contributed by atoms with Gasteiger partial charge in [0.05, 0.1) is 12.3 Å². The van der Waals surface area contributed by atoms with E-state index in [0.29, 0.717) is 30.1 Å². The maximum absolute atomic E-state index is 12.9. The Bertz CT molecular complexity index is 363. The van der Waals surface area contributed by atoms with Crippen LogP contribution in [0.25, 0.3) is 0 Å². The molecule has 0 bridgehead atoms. The molecule has 1 aromatic carbocycles. The van der Waals surface area contributed by atoms with Gasteiger partial charge in [0.1, 0.15) is 11.6 Å². The highest BCUT2D eigenvalue weighted by Gasteiger charge is 2.16. The molecule has 4 heteroatoms. The van der Waals surface area contributed by atoms with Gasteiger partial charge in [-0.05, 0) is 18.2 Å². The second kappa shape index (κ2) is 3.05. The van der Waals surface area contributed by atoms with Crippen molar-refractivity contribution in [2.24, 2.45) is 10.9 Å². The Kier molecular flexibility index (Phi) is 1.88. The molecule has 0 aromatic heterocycles. The topological polar surface area (TPSA) is 47.6 Å². The molecule has 1 heterocycles. The molecule has 1 aliphatic heterocycles. The highest BCUT2D eigenvalue weighted by atomic mass is 19.1. The van der Waals surface area contributed by atoms with E-state index in [2.05, 4.69) is 5.10 Å². The van der Waals surface area contributed by atoms with Crippen LogP contribution in [0.3, 0.4) is 0 Å². The molecule has 0 saturated carbocycles. The fourth-order valence-electron chi connectivity index (χ4n) is 1.38. The molecule has 1 aliphatic rings. The van der Waals surface area contributed by atoms with E-state index < -0.39 is 0 Å². The van der Waals surface area contributed by atoms with Crippen molar-refractivity contribution in [2.45, 2.75) is 6.42 Å². The summed E-state index contributed by atoms with van der Waals surface area (Å²) in [5.41, 5.74) is 1.36. The first-order valence-corrected chi connectivity index (χ1v) is 4.01. The first kappa shape index (κ1) is 8.04. The van der Waals surface area contributed by atoms with Gasteiger partial charge in [-0.1, -0.05) is 0 Å². The average molecular weight is 180 g/mol. The van der Waals surface area contributed by atoms with Crippen molar-refractivity contribution in [3.63, 3.8) is 0 Å². The van der Waals surface area contributed by atoms with Crippen molar-refractivity contribution in [3.05, 3.63) is 29.6 Å². The van der Waals surface area contributed by atoms with Crippen LogP contribution in [0.5, 0.6) is 5.75 Å². The Balaban J connectivity index is 2.54. The predicted molar refractivity (Wildman–Crippen MR) is 47.2 cm³/mol. The Morgan fingerprint density at radius 1 is 1.46 bits per heavy atom. The Morgan fingerprint density at radius 2 is 2.31 bits per heavy atom. The summed E-state index contributed by atoms with van der Waals surface area (Å²) in [5, 5.41) is 3.60. The van der Waals surface area contributed by atoms with E-state index in [0.717, 1.165) is 0 Å². The third kappa shape index (κ3) is 1.35.